The van der Waals surface area contributed by atoms with Crippen LogP contribution < -0.4 is 110 Å². The summed E-state index contributed by atoms with van der Waals surface area (Å²) in [6.07, 6.45) is -22.2. The molecule has 47 nitrogen and oxygen atoms in total. The number of aliphatic carboxylic acids is 9. The summed E-state index contributed by atoms with van der Waals surface area (Å²) in [5.41, 5.74) is -1.19. The number of amides is 8. The first-order valence-corrected chi connectivity index (χ1v) is 33.2. The molecule has 592 valence electrons. The normalized spacial score (nSPS) is 15.5. The number of H-pyrrole nitrogens is 2. The van der Waals surface area contributed by atoms with Gasteiger partial charge in [-0.1, -0.05) is 6.07 Å². The Morgan fingerprint density at radius 3 is 1.09 bits per heavy atom. The summed E-state index contributed by atoms with van der Waals surface area (Å²) in [4.78, 5) is 249. The van der Waals surface area contributed by atoms with Crippen molar-refractivity contribution in [2.75, 3.05) is 18.1 Å². The molecular weight excluding hydrogens is 1470 g/mol. The summed E-state index contributed by atoms with van der Waals surface area (Å²) in [5, 5.41) is 162. The van der Waals surface area contributed by atoms with Gasteiger partial charge in [0.05, 0.1) is 115 Å². The van der Waals surface area contributed by atoms with Gasteiger partial charge in [-0.15, -0.1) is 0 Å². The summed E-state index contributed by atoms with van der Waals surface area (Å²) in [6.45, 7) is -1.30. The minimum absolute atomic E-state index is 0.00866. The number of hydrogen-bond donors (Lipinski definition) is 14. The molecule has 0 radical (unpaired) electrons. The Morgan fingerprint density at radius 1 is 0.477 bits per heavy atom. The predicted octanol–water partition coefficient (Wildman–Crippen LogP) is -19.3. The van der Waals surface area contributed by atoms with Crippen LogP contribution in [0.5, 0.6) is 5.75 Å². The zero-order valence-corrected chi connectivity index (χ0v) is 56.7. The topological polar surface area (TPSA) is 802 Å². The number of fused-ring (bicyclic) bond motifs is 2. The number of phosphoric acid groups is 1. The number of carbonyl (C=O) groups excluding carboxylic acids is 17. The molecule has 107 heavy (non-hydrogen) atoms. The number of hydrogen-bond acceptors (Lipinski definition) is 37. The van der Waals surface area contributed by atoms with Crippen LogP contribution >= 0.6 is 7.82 Å². The number of nitrogens with zero attached hydrogens (tertiary/aromatic N) is 1. The van der Waals surface area contributed by atoms with E-state index >= 15 is 0 Å². The molecule has 0 spiro atoms. The van der Waals surface area contributed by atoms with E-state index in [1.807, 2.05) is 42.2 Å². The van der Waals surface area contributed by atoms with E-state index in [4.69, 9.17) is 0 Å². The van der Waals surface area contributed by atoms with Crippen molar-refractivity contribution in [1.29, 1.82) is 0 Å². The lowest BCUT2D eigenvalue weighted by Gasteiger charge is -2.35. The molecule has 1 unspecified atom stereocenters. The highest BCUT2D eigenvalue weighted by Crippen LogP contribution is 2.41. The number of phenols is 1. The molecule has 0 aliphatic carbocycles. The van der Waals surface area contributed by atoms with E-state index in [0.29, 0.717) is 5.56 Å². The van der Waals surface area contributed by atoms with Crippen molar-refractivity contribution in [1.82, 2.24) is 52.5 Å². The number of aromatic nitrogens is 2. The number of rotatable bonds is 50. The van der Waals surface area contributed by atoms with Gasteiger partial charge >= 0.3 is 5.69 Å². The minimum Gasteiger partial charge on any atom is -0.756 e. The first-order valence-electron chi connectivity index (χ1n) is 31.7. The molecule has 13 atom stereocenters. The number of phenolic OH excluding ortho intramolecular Hbond substituents is 1. The van der Waals surface area contributed by atoms with Crippen molar-refractivity contribution in [3.63, 3.8) is 0 Å². The number of aromatic hydroxyl groups is 1. The zero-order chi connectivity index (χ0) is 80.9. The molecule has 0 saturated heterocycles. The van der Waals surface area contributed by atoms with Gasteiger partial charge in [0.1, 0.15) is 36.0 Å². The van der Waals surface area contributed by atoms with Crippen LogP contribution in [0.1, 0.15) is 121 Å². The molecule has 0 saturated carbocycles. The first-order chi connectivity index (χ1) is 49.9. The van der Waals surface area contributed by atoms with Gasteiger partial charge in [0.15, 0.2) is 0 Å². The van der Waals surface area contributed by atoms with Gasteiger partial charge in [0, 0.05) is 69.1 Å². The number of anilines is 2. The van der Waals surface area contributed by atoms with Crippen molar-refractivity contribution in [3.05, 3.63) is 50.2 Å². The Hall–Kier alpha value is -11.5. The summed E-state index contributed by atoms with van der Waals surface area (Å²) in [5.74, 6) is -28.3. The smallest absolute Gasteiger partial charge is 0.327 e. The zero-order valence-electron chi connectivity index (χ0n) is 55.8. The van der Waals surface area contributed by atoms with E-state index < -0.39 is 309 Å². The monoisotopic (exact) mass is 1540 g/mol. The Labute approximate surface area is 600 Å². The van der Waals surface area contributed by atoms with E-state index in [1.54, 1.807) is 5.32 Å². The Balaban J connectivity index is 1.44. The van der Waals surface area contributed by atoms with Gasteiger partial charge in [-0.3, -0.25) is 57.7 Å². The van der Waals surface area contributed by atoms with Crippen LogP contribution in [0.15, 0.2) is 27.8 Å². The number of aliphatic hydroxyl groups excluding tert-OH is 3. The maximum absolute atomic E-state index is 12.8. The lowest BCUT2D eigenvalue weighted by atomic mass is 9.97. The second-order valence-electron chi connectivity index (χ2n) is 23.6. The highest BCUT2D eigenvalue weighted by Gasteiger charge is 2.35. The van der Waals surface area contributed by atoms with E-state index in [2.05, 4.69) is 14.0 Å². The maximum Gasteiger partial charge on any atom is 0.327 e. The van der Waals surface area contributed by atoms with Crippen molar-refractivity contribution in [2.45, 2.75) is 189 Å². The summed E-state index contributed by atoms with van der Waals surface area (Å²) in [6, 6.07) is -12.2. The van der Waals surface area contributed by atoms with E-state index in [9.17, 15) is 167 Å². The lowest BCUT2D eigenvalue weighted by Crippen LogP contribution is -2.52. The third-order valence-electron chi connectivity index (χ3n) is 15.4. The average molecular weight is 1540 g/mol. The number of carboxylic acid groups (broad SMARTS) is 9. The molecule has 0 bridgehead atoms. The molecular formula is C59H70N11O36P-10. The number of carbonyl (C=O) groups is 17. The van der Waals surface area contributed by atoms with Gasteiger partial charge in [0.25, 0.3) is 13.4 Å². The molecule has 1 aliphatic heterocycles. The van der Waals surface area contributed by atoms with Crippen LogP contribution in [0.2, 0.25) is 0 Å². The molecule has 0 fully saturated rings. The second-order valence-corrected chi connectivity index (χ2v) is 25.0. The first kappa shape index (κ1) is 89.7. The highest BCUT2D eigenvalue weighted by molar-refractivity contribution is 7.45. The van der Waals surface area contributed by atoms with Crippen molar-refractivity contribution < 1.29 is 166 Å². The second kappa shape index (κ2) is 42.4. The molecule has 1 aromatic heterocycles. The number of phosphoric ester groups is 1. The standard InChI is InChI=1S/C59H80N11O36P/c1-24(106-107(103,104)105-23-38(73)47(83)37(72)22-70-36-21-26(71)3-2-25(36)20-27-48(70)68-59(102)69-50(27)85)49(84)67-35(58(100)101)10-18-45(80)65-33(56(96)97)8-16-43(78)63-31(54(92)93)6-14-41(76)61-29(52(88)89)4-12-39(74)60-28(51(86)87)5-13-40(75)62-30(53(90)91)7-15-42(77)64-32(55(94)95)9-17-44(79)66-34(57(98)99)11-19-46(81)82/h2-3,21,24,28-35,37-38,47,71-73,83H,4-20,22-23H2,1H3,(H,60,74)(H,61,76)(H,62,75)(H,63,78)(H,64,77)(H,65,80)(H,66,79)(H,67,84)(H,81,82)(H,86,87)(H,88,89)(H,90,91)(H,92,93)(H,94,95)(H,96,97)(H,98,99)(H,100,101)(H,103,104)(H2,68,69,85,102)/p-10/t24-,28-,29-,30-,31-,32-,33-,34-,35-,37-,38+,47-/m0/s1. The fourth-order valence-corrected chi connectivity index (χ4v) is 10.7. The van der Waals surface area contributed by atoms with E-state index in [1.165, 1.54) is 18.2 Å². The number of nitrogens with one attached hydrogen (secondary N) is 10. The lowest BCUT2D eigenvalue weighted by molar-refractivity contribution is -0.312. The molecule has 8 amide bonds. The maximum atomic E-state index is 12.8. The van der Waals surface area contributed by atoms with Crippen LogP contribution in [0.3, 0.4) is 0 Å². The molecule has 1 aliphatic rings. The van der Waals surface area contributed by atoms with Crippen LogP contribution in [0, 0.1) is 0 Å². The van der Waals surface area contributed by atoms with Crippen LogP contribution in [-0.4, -0.2) is 217 Å². The summed E-state index contributed by atoms with van der Waals surface area (Å²) < 4.78 is 21.8. The molecule has 48 heteroatoms. The summed E-state index contributed by atoms with van der Waals surface area (Å²) in [7, 11) is -5.69. The number of benzene rings is 1. The van der Waals surface area contributed by atoms with Gasteiger partial charge in [0.2, 0.25) is 47.3 Å². The van der Waals surface area contributed by atoms with E-state index in [0.717, 1.165) is 11.8 Å². The van der Waals surface area contributed by atoms with Crippen molar-refractivity contribution in [2.24, 2.45) is 0 Å². The number of aromatic amines is 2. The molecule has 2 heterocycles. The van der Waals surface area contributed by atoms with E-state index in [-0.39, 0.29) is 29.2 Å². The number of aliphatic hydroxyl groups is 3. The largest absolute Gasteiger partial charge is 0.756 e. The van der Waals surface area contributed by atoms with Gasteiger partial charge < -0.3 is 171 Å². The van der Waals surface area contributed by atoms with Gasteiger partial charge in [-0.05, 0) is 76.3 Å². The molecule has 2 aromatic rings. The third kappa shape index (κ3) is 31.4. The average Bonchev–Trinajstić information content (AvgIpc) is 0.758. The Bertz CT molecular complexity index is 3830. The quantitative estimate of drug-likeness (QED) is 0.0274. The van der Waals surface area contributed by atoms with Crippen LogP contribution in [-0.2, 0) is 102 Å². The fraction of sp³-hybridized carbons (Fsp3) is 0.542. The van der Waals surface area contributed by atoms with Gasteiger partial charge in [-0.25, -0.2) is 4.79 Å². The molecule has 1 aromatic carbocycles. The Morgan fingerprint density at radius 2 is 0.785 bits per heavy atom. The number of β-amino-alcohol motifs (C(OH)–C–C–N with tert-alkyl or cyclic N) is 1. The van der Waals surface area contributed by atoms with Crippen LogP contribution in [0.4, 0.5) is 11.5 Å². The Kier molecular flexibility index (Phi) is 35.6. The third-order valence-corrected chi connectivity index (χ3v) is 16.5. The number of carboxylic acids is 9. The SMILES string of the molecule is C[C@H](OP(=O)([O-])OC[C@@H](O)[C@@H](O)[C@@H](O)CN1c2cc(O)ccc2Cc2c1[nH]c(=O)[nH]c2=O)C(=O)N[C@@H](CCC(=O)N[C@@H](CCC(=O)N[C@@H](CCC(=O)N[C@@H](CCC(=O)N[C@@H](CCC(=O)N[C@@H](CCC(=O)N[C@@H](CCC(=O)N[C@@H](CCC(=O)[O-])C(=O)[O-])C(=O)[O-])C(=O)[O-])C(=O)[O-])C(=O)[O-])C(=O)[O-])C(=O)[O-])C(=O)[O-]. The van der Waals surface area contributed by atoms with Crippen LogP contribution in [0.25, 0.3) is 0 Å². The minimum atomic E-state index is -5.69. The molecule has 3 rings (SSSR count). The van der Waals surface area contributed by atoms with Gasteiger partial charge in [-0.2, -0.15) is 0 Å². The summed E-state index contributed by atoms with van der Waals surface area (Å²) >= 11 is 0. The molecule has 14 N–H and O–H groups in total. The predicted molar refractivity (Wildman–Crippen MR) is 322 cm³/mol. The van der Waals surface area contributed by atoms with Crippen molar-refractivity contribution >= 4 is 120 Å². The van der Waals surface area contributed by atoms with Crippen molar-refractivity contribution in [3.8, 4) is 5.75 Å². The highest BCUT2D eigenvalue weighted by atomic mass is 31.2. The fourth-order valence-electron chi connectivity index (χ4n) is 9.77.